The molecule has 112 valence electrons. The van der Waals surface area contributed by atoms with Crippen LogP contribution in [0.3, 0.4) is 0 Å². The topological polar surface area (TPSA) is 45.2 Å². The number of nitrogens with one attached hydrogen (secondary N) is 1. The molecule has 1 unspecified atom stereocenters. The molecule has 21 heavy (non-hydrogen) atoms. The van der Waals surface area contributed by atoms with Crippen molar-refractivity contribution in [1.29, 1.82) is 0 Å². The number of rotatable bonds is 7. The van der Waals surface area contributed by atoms with Gasteiger partial charge in [-0.25, -0.2) is 0 Å². The fourth-order valence-corrected chi connectivity index (χ4v) is 3.08. The summed E-state index contributed by atoms with van der Waals surface area (Å²) in [5.41, 5.74) is 1.86. The summed E-state index contributed by atoms with van der Waals surface area (Å²) in [5, 5.41) is 7.25. The van der Waals surface area contributed by atoms with Crippen molar-refractivity contribution in [2.24, 2.45) is 0 Å². The number of likely N-dealkylation sites (N-methyl/N-ethyl adjacent to an activating group) is 1. The zero-order chi connectivity index (χ0) is 15.1. The van der Waals surface area contributed by atoms with Gasteiger partial charge in [0, 0.05) is 18.9 Å². The van der Waals surface area contributed by atoms with Crippen molar-refractivity contribution in [1.82, 2.24) is 15.2 Å². The molecule has 0 saturated heterocycles. The average molecular weight is 303 g/mol. The Balaban J connectivity index is 2.04. The van der Waals surface area contributed by atoms with Crippen molar-refractivity contribution in [3.8, 4) is 0 Å². The summed E-state index contributed by atoms with van der Waals surface area (Å²) >= 11 is 1.69. The quantitative estimate of drug-likeness (QED) is 0.855. The summed E-state index contributed by atoms with van der Waals surface area (Å²) in [7, 11) is 0. The van der Waals surface area contributed by atoms with Crippen molar-refractivity contribution in [3.63, 3.8) is 0 Å². The van der Waals surface area contributed by atoms with E-state index < -0.39 is 0 Å². The minimum atomic E-state index is -0.0736. The van der Waals surface area contributed by atoms with E-state index in [1.807, 2.05) is 0 Å². The summed E-state index contributed by atoms with van der Waals surface area (Å²) < 4.78 is 0. The van der Waals surface area contributed by atoms with Gasteiger partial charge in [0.25, 0.3) is 5.91 Å². The molecule has 0 aromatic carbocycles. The van der Waals surface area contributed by atoms with Gasteiger partial charge >= 0.3 is 0 Å². The van der Waals surface area contributed by atoms with Crippen LogP contribution in [0.4, 0.5) is 0 Å². The van der Waals surface area contributed by atoms with Crippen LogP contribution >= 0.6 is 11.3 Å². The van der Waals surface area contributed by atoms with Gasteiger partial charge in [-0.3, -0.25) is 14.7 Å². The van der Waals surface area contributed by atoms with E-state index in [0.29, 0.717) is 12.1 Å². The number of carbonyl (C=O) groups excluding carboxylic acids is 1. The van der Waals surface area contributed by atoms with Crippen molar-refractivity contribution in [2.75, 3.05) is 19.6 Å². The smallest absolute Gasteiger partial charge is 0.252 e. The lowest BCUT2D eigenvalue weighted by Gasteiger charge is -2.29. The van der Waals surface area contributed by atoms with E-state index in [2.05, 4.69) is 45.9 Å². The second-order valence-corrected chi connectivity index (χ2v) is 5.53. The molecular formula is C16H21N3OS. The standard InChI is InChI=1S/C16H21N3OS/c1-3-19(4-2)15(14-7-9-21-12-14)11-18-16(20)13-6-5-8-17-10-13/h5-10,12,15H,3-4,11H2,1-2H3,(H,18,20). The molecule has 1 atom stereocenters. The zero-order valence-corrected chi connectivity index (χ0v) is 13.3. The van der Waals surface area contributed by atoms with Crippen LogP contribution in [0.25, 0.3) is 0 Å². The predicted molar refractivity (Wildman–Crippen MR) is 86.6 cm³/mol. The Hall–Kier alpha value is -1.72. The monoisotopic (exact) mass is 303 g/mol. The lowest BCUT2D eigenvalue weighted by molar-refractivity contribution is 0.0934. The Morgan fingerprint density at radius 2 is 2.19 bits per heavy atom. The summed E-state index contributed by atoms with van der Waals surface area (Å²) in [6, 6.07) is 5.89. The van der Waals surface area contributed by atoms with Gasteiger partial charge in [-0.1, -0.05) is 13.8 Å². The molecule has 0 aliphatic heterocycles. The van der Waals surface area contributed by atoms with E-state index in [1.165, 1.54) is 5.56 Å². The first-order valence-electron chi connectivity index (χ1n) is 7.20. The van der Waals surface area contributed by atoms with E-state index in [9.17, 15) is 4.79 Å². The van der Waals surface area contributed by atoms with Crippen LogP contribution in [0.2, 0.25) is 0 Å². The number of carbonyl (C=O) groups is 1. The van der Waals surface area contributed by atoms with E-state index >= 15 is 0 Å². The third kappa shape index (κ3) is 4.12. The fourth-order valence-electron chi connectivity index (χ4n) is 2.38. The fraction of sp³-hybridized carbons (Fsp3) is 0.375. The van der Waals surface area contributed by atoms with E-state index in [1.54, 1.807) is 35.9 Å². The molecule has 4 nitrogen and oxygen atoms in total. The molecular weight excluding hydrogens is 282 g/mol. The highest BCUT2D eigenvalue weighted by Crippen LogP contribution is 2.22. The first-order chi connectivity index (χ1) is 10.3. The van der Waals surface area contributed by atoms with Gasteiger partial charge in [-0.05, 0) is 47.6 Å². The number of aromatic nitrogens is 1. The third-order valence-electron chi connectivity index (χ3n) is 3.56. The molecule has 2 rings (SSSR count). The van der Waals surface area contributed by atoms with Crippen LogP contribution in [-0.4, -0.2) is 35.4 Å². The van der Waals surface area contributed by atoms with Gasteiger partial charge in [0.2, 0.25) is 0 Å². The lowest BCUT2D eigenvalue weighted by atomic mass is 10.1. The molecule has 2 aromatic heterocycles. The molecule has 0 radical (unpaired) electrons. The molecule has 0 spiro atoms. The number of amides is 1. The van der Waals surface area contributed by atoms with Crippen LogP contribution in [0.1, 0.15) is 35.8 Å². The third-order valence-corrected chi connectivity index (χ3v) is 4.26. The van der Waals surface area contributed by atoms with E-state index in [0.717, 1.165) is 13.1 Å². The maximum absolute atomic E-state index is 12.2. The number of thiophene rings is 1. The van der Waals surface area contributed by atoms with Crippen LogP contribution in [0.15, 0.2) is 41.4 Å². The highest BCUT2D eigenvalue weighted by molar-refractivity contribution is 7.07. The van der Waals surface area contributed by atoms with Crippen LogP contribution in [-0.2, 0) is 0 Å². The molecule has 0 aliphatic carbocycles. The van der Waals surface area contributed by atoms with Crippen molar-refractivity contribution in [2.45, 2.75) is 19.9 Å². The minimum Gasteiger partial charge on any atom is -0.350 e. The van der Waals surface area contributed by atoms with E-state index in [-0.39, 0.29) is 11.9 Å². The van der Waals surface area contributed by atoms with Gasteiger partial charge < -0.3 is 5.32 Å². The van der Waals surface area contributed by atoms with Gasteiger partial charge in [0.1, 0.15) is 0 Å². The highest BCUT2D eigenvalue weighted by atomic mass is 32.1. The van der Waals surface area contributed by atoms with Crippen molar-refractivity contribution < 1.29 is 4.79 Å². The molecule has 1 amide bonds. The Kier molecular flexibility index (Phi) is 5.90. The SMILES string of the molecule is CCN(CC)C(CNC(=O)c1cccnc1)c1ccsc1. The number of pyridine rings is 1. The number of hydrogen-bond donors (Lipinski definition) is 1. The Morgan fingerprint density at radius 1 is 1.38 bits per heavy atom. The highest BCUT2D eigenvalue weighted by Gasteiger charge is 2.19. The first kappa shape index (κ1) is 15.7. The second-order valence-electron chi connectivity index (χ2n) is 4.75. The van der Waals surface area contributed by atoms with Gasteiger partial charge in [0.15, 0.2) is 0 Å². The molecule has 0 bridgehead atoms. The second kappa shape index (κ2) is 7.90. The number of hydrogen-bond acceptors (Lipinski definition) is 4. The van der Waals surface area contributed by atoms with Crippen LogP contribution in [0.5, 0.6) is 0 Å². The normalized spacial score (nSPS) is 12.3. The first-order valence-corrected chi connectivity index (χ1v) is 8.14. The van der Waals surface area contributed by atoms with Crippen LogP contribution < -0.4 is 5.32 Å². The zero-order valence-electron chi connectivity index (χ0n) is 12.5. The molecule has 5 heteroatoms. The summed E-state index contributed by atoms with van der Waals surface area (Å²) in [4.78, 5) is 18.5. The molecule has 0 fully saturated rings. The Bertz CT molecular complexity index is 538. The minimum absolute atomic E-state index is 0.0736. The Morgan fingerprint density at radius 3 is 2.76 bits per heavy atom. The van der Waals surface area contributed by atoms with Crippen LogP contribution in [0, 0.1) is 0 Å². The van der Waals surface area contributed by atoms with Gasteiger partial charge in [-0.15, -0.1) is 0 Å². The summed E-state index contributed by atoms with van der Waals surface area (Å²) in [5.74, 6) is -0.0736. The average Bonchev–Trinajstić information content (AvgIpc) is 3.06. The van der Waals surface area contributed by atoms with Gasteiger partial charge in [-0.2, -0.15) is 11.3 Å². The van der Waals surface area contributed by atoms with Gasteiger partial charge in [0.05, 0.1) is 11.6 Å². The van der Waals surface area contributed by atoms with Crippen molar-refractivity contribution in [3.05, 3.63) is 52.5 Å². The molecule has 0 aliphatic rings. The molecule has 1 N–H and O–H groups in total. The largest absolute Gasteiger partial charge is 0.350 e. The lowest BCUT2D eigenvalue weighted by Crippen LogP contribution is -2.37. The predicted octanol–water partition coefficient (Wildman–Crippen LogP) is 2.96. The van der Waals surface area contributed by atoms with Crippen molar-refractivity contribution >= 4 is 17.2 Å². The molecule has 2 aromatic rings. The molecule has 0 saturated carbocycles. The maximum atomic E-state index is 12.2. The summed E-state index contributed by atoms with van der Waals surface area (Å²) in [6.07, 6.45) is 3.26. The molecule has 2 heterocycles. The summed E-state index contributed by atoms with van der Waals surface area (Å²) in [6.45, 7) is 6.81. The Labute approximate surface area is 129 Å². The van der Waals surface area contributed by atoms with E-state index in [4.69, 9.17) is 0 Å². The maximum Gasteiger partial charge on any atom is 0.252 e. The number of nitrogens with zero attached hydrogens (tertiary/aromatic N) is 2.